The Bertz CT molecular complexity index is 1110. The van der Waals surface area contributed by atoms with Gasteiger partial charge in [0, 0.05) is 50.9 Å². The lowest BCUT2D eigenvalue weighted by molar-refractivity contribution is 0.390. The van der Waals surface area contributed by atoms with Crippen molar-refractivity contribution in [2.45, 2.75) is 30.3 Å². The zero-order valence-corrected chi connectivity index (χ0v) is 16.4. The molecule has 0 aromatic carbocycles. The molecule has 1 aliphatic carbocycles. The topological polar surface area (TPSA) is 110 Å². The van der Waals surface area contributed by atoms with E-state index in [9.17, 15) is 8.42 Å². The monoisotopic (exact) mass is 402 g/mol. The molecule has 4 heterocycles. The van der Waals surface area contributed by atoms with Crippen molar-refractivity contribution >= 4 is 21.5 Å². The van der Waals surface area contributed by atoms with E-state index in [0.717, 1.165) is 43.2 Å². The smallest absolute Gasteiger partial charge is 0.274 e. The maximum absolute atomic E-state index is 12.3. The summed E-state index contributed by atoms with van der Waals surface area (Å²) in [6.07, 6.45) is 6.62. The Balaban J connectivity index is 1.23. The van der Waals surface area contributed by atoms with E-state index < -0.39 is 10.0 Å². The van der Waals surface area contributed by atoms with Gasteiger partial charge < -0.3 is 9.47 Å². The molecule has 0 atom stereocenters. The maximum atomic E-state index is 12.3. The van der Waals surface area contributed by atoms with Crippen LogP contribution in [0.25, 0.3) is 5.65 Å². The molecular formula is C17H22N8O2S. The molecule has 0 amide bonds. The predicted octanol–water partition coefficient (Wildman–Crippen LogP) is 0.540. The third-order valence-electron chi connectivity index (χ3n) is 5.60. The quantitative estimate of drug-likeness (QED) is 0.641. The van der Waals surface area contributed by atoms with Gasteiger partial charge in [0.1, 0.15) is 5.82 Å². The van der Waals surface area contributed by atoms with E-state index in [-0.39, 0.29) is 11.1 Å². The summed E-state index contributed by atoms with van der Waals surface area (Å²) in [4.78, 5) is 6.05. The second kappa shape index (κ2) is 6.52. The van der Waals surface area contributed by atoms with Crippen LogP contribution in [-0.2, 0) is 17.1 Å². The molecule has 0 spiro atoms. The van der Waals surface area contributed by atoms with E-state index in [1.54, 1.807) is 13.2 Å². The van der Waals surface area contributed by atoms with E-state index in [1.165, 1.54) is 17.2 Å². The lowest BCUT2D eigenvalue weighted by atomic mass is 9.85. The van der Waals surface area contributed by atoms with Crippen LogP contribution in [0, 0.1) is 5.92 Å². The zero-order valence-electron chi connectivity index (χ0n) is 15.6. The minimum Gasteiger partial charge on any atom is -0.354 e. The van der Waals surface area contributed by atoms with Crippen LogP contribution in [-0.4, -0.2) is 57.4 Å². The fourth-order valence-electron chi connectivity index (χ4n) is 3.67. The van der Waals surface area contributed by atoms with Crippen molar-refractivity contribution in [1.82, 2.24) is 34.1 Å². The number of nitrogens with one attached hydrogen (secondary N) is 1. The molecular weight excluding hydrogens is 380 g/mol. The fourth-order valence-corrected chi connectivity index (χ4v) is 4.90. The minimum atomic E-state index is -3.59. The van der Waals surface area contributed by atoms with Crippen LogP contribution in [0.5, 0.6) is 0 Å². The summed E-state index contributed by atoms with van der Waals surface area (Å²) >= 11 is 0. The lowest BCUT2D eigenvalue weighted by Crippen LogP contribution is -2.52. The first-order valence-corrected chi connectivity index (χ1v) is 10.9. The summed E-state index contributed by atoms with van der Waals surface area (Å²) in [7, 11) is -1.92. The number of anilines is 1. The summed E-state index contributed by atoms with van der Waals surface area (Å²) in [6, 6.07) is 3.89. The molecule has 28 heavy (non-hydrogen) atoms. The first-order chi connectivity index (χ1) is 13.5. The number of rotatable bonds is 6. The molecule has 0 unspecified atom stereocenters. The standard InChI is InChI=1S/C17H22N8O2S/c1-23-8-7-18-17(23)28(26,27)19-9-12-10-24(11-12)15-6-5-14-20-21-16(25(14)22-15)13-3-2-4-13/h5-8,12-13,19H,2-4,9-11H2,1H3. The van der Waals surface area contributed by atoms with Crippen molar-refractivity contribution in [2.24, 2.45) is 13.0 Å². The Hall–Kier alpha value is -2.53. The molecule has 1 saturated heterocycles. The highest BCUT2D eigenvalue weighted by atomic mass is 32.2. The van der Waals surface area contributed by atoms with Crippen molar-refractivity contribution in [2.75, 3.05) is 24.5 Å². The van der Waals surface area contributed by atoms with E-state index >= 15 is 0 Å². The molecule has 148 valence electrons. The molecule has 1 aliphatic heterocycles. The summed E-state index contributed by atoms with van der Waals surface area (Å²) in [5, 5.41) is 13.3. The molecule has 2 aliphatic rings. The Kier molecular flexibility index (Phi) is 4.09. The largest absolute Gasteiger partial charge is 0.354 e. The van der Waals surface area contributed by atoms with Gasteiger partial charge in [-0.1, -0.05) is 6.42 Å². The summed E-state index contributed by atoms with van der Waals surface area (Å²) in [6.45, 7) is 1.89. The second-order valence-corrected chi connectivity index (χ2v) is 9.25. The summed E-state index contributed by atoms with van der Waals surface area (Å²) < 4.78 is 30.7. The van der Waals surface area contributed by atoms with Gasteiger partial charge in [-0.2, -0.15) is 4.52 Å². The summed E-state index contributed by atoms with van der Waals surface area (Å²) in [5.74, 6) is 2.51. The fraction of sp³-hybridized carbons (Fsp3) is 0.529. The Labute approximate surface area is 162 Å². The van der Waals surface area contributed by atoms with Gasteiger partial charge in [0.25, 0.3) is 10.0 Å². The van der Waals surface area contributed by atoms with Crippen LogP contribution >= 0.6 is 0 Å². The first-order valence-electron chi connectivity index (χ1n) is 9.45. The molecule has 0 bridgehead atoms. The molecule has 2 fully saturated rings. The normalized spacial score (nSPS) is 18.4. The number of aromatic nitrogens is 6. The van der Waals surface area contributed by atoms with Crippen LogP contribution < -0.4 is 9.62 Å². The van der Waals surface area contributed by atoms with Crippen molar-refractivity contribution < 1.29 is 8.42 Å². The van der Waals surface area contributed by atoms with Crippen molar-refractivity contribution in [3.63, 3.8) is 0 Å². The lowest BCUT2D eigenvalue weighted by Gasteiger charge is -2.40. The molecule has 3 aromatic heterocycles. The van der Waals surface area contributed by atoms with Crippen LogP contribution in [0.15, 0.2) is 29.7 Å². The van der Waals surface area contributed by atoms with E-state index in [1.807, 2.05) is 16.6 Å². The van der Waals surface area contributed by atoms with E-state index in [4.69, 9.17) is 5.10 Å². The Morgan fingerprint density at radius 3 is 2.71 bits per heavy atom. The first kappa shape index (κ1) is 17.6. The molecule has 10 nitrogen and oxygen atoms in total. The van der Waals surface area contributed by atoms with E-state index in [2.05, 4.69) is 24.8 Å². The molecule has 5 rings (SSSR count). The molecule has 0 radical (unpaired) electrons. The number of sulfonamides is 1. The Morgan fingerprint density at radius 1 is 1.21 bits per heavy atom. The van der Waals surface area contributed by atoms with Gasteiger partial charge in [-0.15, -0.1) is 15.3 Å². The maximum Gasteiger partial charge on any atom is 0.274 e. The third kappa shape index (κ3) is 2.94. The Morgan fingerprint density at radius 2 is 2.04 bits per heavy atom. The number of nitrogens with zero attached hydrogens (tertiary/aromatic N) is 7. The SMILES string of the molecule is Cn1ccnc1S(=O)(=O)NCC1CN(c2ccc3nnc(C4CCC4)n3n2)C1. The number of imidazole rings is 1. The van der Waals surface area contributed by atoms with Crippen LogP contribution in [0.1, 0.15) is 31.0 Å². The van der Waals surface area contributed by atoms with Crippen LogP contribution in [0.3, 0.4) is 0 Å². The van der Waals surface area contributed by atoms with E-state index in [0.29, 0.717) is 12.5 Å². The number of fused-ring (bicyclic) bond motifs is 1. The second-order valence-electron chi connectivity index (χ2n) is 7.59. The number of aryl methyl sites for hydroxylation is 1. The number of hydrogen-bond acceptors (Lipinski definition) is 7. The predicted molar refractivity (Wildman–Crippen MR) is 101 cm³/mol. The van der Waals surface area contributed by atoms with Gasteiger partial charge in [0.15, 0.2) is 11.5 Å². The van der Waals surface area contributed by atoms with Gasteiger partial charge in [0.05, 0.1) is 0 Å². The van der Waals surface area contributed by atoms with Gasteiger partial charge in [-0.3, -0.25) is 0 Å². The van der Waals surface area contributed by atoms with Gasteiger partial charge in [-0.05, 0) is 25.0 Å². The molecule has 11 heteroatoms. The molecule has 1 N–H and O–H groups in total. The molecule has 3 aromatic rings. The summed E-state index contributed by atoms with van der Waals surface area (Å²) in [5.41, 5.74) is 0.769. The highest BCUT2D eigenvalue weighted by Gasteiger charge is 2.31. The number of hydrogen-bond donors (Lipinski definition) is 1. The van der Waals surface area contributed by atoms with Gasteiger partial charge in [-0.25, -0.2) is 18.1 Å². The van der Waals surface area contributed by atoms with Crippen molar-refractivity contribution in [3.8, 4) is 0 Å². The van der Waals surface area contributed by atoms with Crippen molar-refractivity contribution in [3.05, 3.63) is 30.4 Å². The van der Waals surface area contributed by atoms with Gasteiger partial charge >= 0.3 is 0 Å². The highest BCUT2D eigenvalue weighted by molar-refractivity contribution is 7.89. The third-order valence-corrected chi connectivity index (χ3v) is 7.02. The van der Waals surface area contributed by atoms with Crippen molar-refractivity contribution in [1.29, 1.82) is 0 Å². The highest BCUT2D eigenvalue weighted by Crippen LogP contribution is 2.35. The average Bonchev–Trinajstić information content (AvgIpc) is 3.19. The minimum absolute atomic E-state index is 0.0342. The molecule has 1 saturated carbocycles. The van der Waals surface area contributed by atoms with Crippen LogP contribution in [0.4, 0.5) is 5.82 Å². The van der Waals surface area contributed by atoms with Gasteiger partial charge in [0.2, 0.25) is 5.16 Å². The average molecular weight is 402 g/mol. The zero-order chi connectivity index (χ0) is 19.3. The van der Waals surface area contributed by atoms with Crippen LogP contribution in [0.2, 0.25) is 0 Å².